The summed E-state index contributed by atoms with van der Waals surface area (Å²) in [5, 5.41) is 3.65. The molecule has 2 aromatic heterocycles. The third-order valence-corrected chi connectivity index (χ3v) is 6.86. The van der Waals surface area contributed by atoms with Crippen LogP contribution in [0.3, 0.4) is 0 Å². The van der Waals surface area contributed by atoms with E-state index in [1.807, 2.05) is 18.2 Å². The second-order valence-corrected chi connectivity index (χ2v) is 8.80. The van der Waals surface area contributed by atoms with Crippen molar-refractivity contribution >= 4 is 27.5 Å². The molecule has 0 fully saturated rings. The third kappa shape index (κ3) is 4.74. The molecule has 0 unspecified atom stereocenters. The molecule has 1 aliphatic carbocycles. The van der Waals surface area contributed by atoms with Crippen molar-refractivity contribution in [2.45, 2.75) is 51.5 Å². The number of nitrogens with one attached hydrogen (secondary N) is 2. The first-order valence-corrected chi connectivity index (χ1v) is 11.4. The van der Waals surface area contributed by atoms with Gasteiger partial charge in [0, 0.05) is 29.8 Å². The average Bonchev–Trinajstić information content (AvgIpc) is 2.97. The maximum atomic E-state index is 12.7. The van der Waals surface area contributed by atoms with Gasteiger partial charge in [0.15, 0.2) is 0 Å². The van der Waals surface area contributed by atoms with E-state index in [1.165, 1.54) is 23.3 Å². The minimum atomic E-state index is -0.116. The summed E-state index contributed by atoms with van der Waals surface area (Å²) in [4.78, 5) is 34.8. The number of methoxy groups -OCH3 is 2. The highest BCUT2D eigenvalue weighted by Gasteiger charge is 2.19. The number of rotatable bonds is 7. The second kappa shape index (κ2) is 9.51. The minimum Gasteiger partial charge on any atom is -0.497 e. The van der Waals surface area contributed by atoms with E-state index in [4.69, 9.17) is 9.47 Å². The average molecular weight is 442 g/mol. The largest absolute Gasteiger partial charge is 0.497 e. The Hall–Kier alpha value is -2.87. The van der Waals surface area contributed by atoms with Crippen LogP contribution in [0, 0.1) is 0 Å². The number of benzene rings is 1. The van der Waals surface area contributed by atoms with Crippen LogP contribution in [-0.4, -0.2) is 30.1 Å². The van der Waals surface area contributed by atoms with E-state index in [0.29, 0.717) is 30.3 Å². The highest BCUT2D eigenvalue weighted by atomic mass is 32.1. The number of amides is 1. The van der Waals surface area contributed by atoms with Crippen LogP contribution >= 0.6 is 11.3 Å². The van der Waals surface area contributed by atoms with Crippen molar-refractivity contribution < 1.29 is 14.3 Å². The molecule has 2 heterocycles. The van der Waals surface area contributed by atoms with E-state index in [0.717, 1.165) is 35.0 Å². The van der Waals surface area contributed by atoms with Gasteiger partial charge in [0.25, 0.3) is 5.56 Å². The summed E-state index contributed by atoms with van der Waals surface area (Å²) >= 11 is 1.63. The summed E-state index contributed by atoms with van der Waals surface area (Å²) in [7, 11) is 3.19. The van der Waals surface area contributed by atoms with Gasteiger partial charge in [-0.15, -0.1) is 11.3 Å². The molecule has 3 aromatic rings. The van der Waals surface area contributed by atoms with Crippen LogP contribution in [0.2, 0.25) is 0 Å². The number of nitrogens with zero attached hydrogens (tertiary/aromatic N) is 1. The van der Waals surface area contributed by atoms with Crippen molar-refractivity contribution in [2.75, 3.05) is 14.2 Å². The Morgan fingerprint density at radius 1 is 1.19 bits per heavy atom. The Kier molecular flexibility index (Phi) is 6.56. The van der Waals surface area contributed by atoms with E-state index >= 15 is 0 Å². The van der Waals surface area contributed by atoms with Gasteiger partial charge >= 0.3 is 0 Å². The number of fused-ring (bicyclic) bond motifs is 3. The third-order valence-electron chi connectivity index (χ3n) is 5.68. The molecule has 1 aromatic carbocycles. The van der Waals surface area contributed by atoms with Gasteiger partial charge in [-0.1, -0.05) is 6.42 Å². The van der Waals surface area contributed by atoms with Crippen molar-refractivity contribution in [1.82, 2.24) is 15.3 Å². The summed E-state index contributed by atoms with van der Waals surface area (Å²) in [5.41, 5.74) is 1.94. The van der Waals surface area contributed by atoms with Gasteiger partial charge in [-0.2, -0.15) is 0 Å². The SMILES string of the molecule is COc1ccc(OC)c(CNC(=O)CCc2nc3sc4c(c3c(=O)[nH]2)CCCCC4)c1. The number of aromatic nitrogens is 2. The topological polar surface area (TPSA) is 93.3 Å². The smallest absolute Gasteiger partial charge is 0.259 e. The van der Waals surface area contributed by atoms with E-state index < -0.39 is 0 Å². The van der Waals surface area contributed by atoms with Crippen LogP contribution < -0.4 is 20.3 Å². The number of ether oxygens (including phenoxy) is 2. The number of hydrogen-bond donors (Lipinski definition) is 2. The van der Waals surface area contributed by atoms with Crippen molar-refractivity contribution in [3.63, 3.8) is 0 Å². The summed E-state index contributed by atoms with van der Waals surface area (Å²) in [6.45, 7) is 0.333. The number of carbonyl (C=O) groups excluding carboxylic acids is 1. The van der Waals surface area contributed by atoms with Gasteiger partial charge in [-0.25, -0.2) is 4.98 Å². The molecule has 0 bridgehead atoms. The highest BCUT2D eigenvalue weighted by Crippen LogP contribution is 2.32. The van der Waals surface area contributed by atoms with Gasteiger partial charge < -0.3 is 19.8 Å². The quantitative estimate of drug-likeness (QED) is 0.547. The molecule has 1 amide bonds. The number of carbonyl (C=O) groups is 1. The van der Waals surface area contributed by atoms with Crippen LogP contribution in [0.1, 0.15) is 47.5 Å². The molecule has 2 N–H and O–H groups in total. The first-order valence-electron chi connectivity index (χ1n) is 10.6. The predicted molar refractivity (Wildman–Crippen MR) is 121 cm³/mol. The lowest BCUT2D eigenvalue weighted by molar-refractivity contribution is -0.121. The fourth-order valence-corrected chi connectivity index (χ4v) is 5.32. The van der Waals surface area contributed by atoms with Crippen molar-refractivity contribution in [2.24, 2.45) is 0 Å². The standard InChI is InChI=1S/C23H27N3O4S/c1-29-15-8-9-17(30-2)14(12-15)13-24-20(27)11-10-19-25-22(28)21-16-6-4-3-5-7-18(16)31-23(21)26-19/h8-9,12H,3-7,10-11,13H2,1-2H3,(H,24,27)(H,25,26,28). The monoisotopic (exact) mass is 441 g/mol. The summed E-state index contributed by atoms with van der Waals surface area (Å²) in [6, 6.07) is 5.46. The van der Waals surface area contributed by atoms with Crippen LogP contribution in [-0.2, 0) is 30.6 Å². The first kappa shape index (κ1) is 21.4. The Morgan fingerprint density at radius 2 is 2.03 bits per heavy atom. The minimum absolute atomic E-state index is 0.0825. The normalized spacial score (nSPS) is 13.5. The molecule has 0 saturated heterocycles. The number of hydrogen-bond acceptors (Lipinski definition) is 6. The molecule has 0 radical (unpaired) electrons. The molecule has 31 heavy (non-hydrogen) atoms. The first-order chi connectivity index (χ1) is 15.1. The lowest BCUT2D eigenvalue weighted by Gasteiger charge is -2.11. The Labute approximate surface area is 184 Å². The number of aromatic amines is 1. The summed E-state index contributed by atoms with van der Waals surface area (Å²) in [6.07, 6.45) is 6.11. The fraction of sp³-hybridized carbons (Fsp3) is 0.435. The lowest BCUT2D eigenvalue weighted by Crippen LogP contribution is -2.24. The molecule has 0 atom stereocenters. The molecule has 0 aliphatic heterocycles. The van der Waals surface area contributed by atoms with Crippen LogP contribution in [0.15, 0.2) is 23.0 Å². The zero-order chi connectivity index (χ0) is 21.8. The van der Waals surface area contributed by atoms with Crippen molar-refractivity contribution in [3.8, 4) is 11.5 Å². The van der Waals surface area contributed by atoms with Crippen LogP contribution in [0.5, 0.6) is 11.5 Å². The maximum Gasteiger partial charge on any atom is 0.259 e. The summed E-state index contributed by atoms with van der Waals surface area (Å²) in [5.74, 6) is 1.84. The second-order valence-electron chi connectivity index (χ2n) is 7.71. The Bertz CT molecular complexity index is 1150. The number of H-pyrrole nitrogens is 1. The highest BCUT2D eigenvalue weighted by molar-refractivity contribution is 7.18. The maximum absolute atomic E-state index is 12.7. The zero-order valence-electron chi connectivity index (χ0n) is 17.9. The van der Waals surface area contributed by atoms with Gasteiger partial charge in [-0.05, 0) is 49.4 Å². The van der Waals surface area contributed by atoms with Crippen LogP contribution in [0.25, 0.3) is 10.2 Å². The summed E-state index contributed by atoms with van der Waals surface area (Å²) < 4.78 is 10.6. The van der Waals surface area contributed by atoms with Gasteiger partial charge in [-0.3, -0.25) is 9.59 Å². The molecule has 0 saturated carbocycles. The van der Waals surface area contributed by atoms with Gasteiger partial charge in [0.05, 0.1) is 19.6 Å². The zero-order valence-corrected chi connectivity index (χ0v) is 18.7. The Balaban J connectivity index is 1.41. The van der Waals surface area contributed by atoms with E-state index in [9.17, 15) is 9.59 Å². The number of aryl methyl sites for hydroxylation is 3. The molecule has 7 nitrogen and oxygen atoms in total. The molecule has 0 spiro atoms. The number of thiophene rings is 1. The van der Waals surface area contributed by atoms with Gasteiger partial charge in [0.2, 0.25) is 5.91 Å². The predicted octanol–water partition coefficient (Wildman–Crippen LogP) is 3.52. The van der Waals surface area contributed by atoms with E-state index in [1.54, 1.807) is 25.6 Å². The molecule has 8 heteroatoms. The lowest BCUT2D eigenvalue weighted by atomic mass is 10.1. The Morgan fingerprint density at radius 3 is 2.84 bits per heavy atom. The molecule has 164 valence electrons. The van der Waals surface area contributed by atoms with E-state index in [-0.39, 0.29) is 17.9 Å². The van der Waals surface area contributed by atoms with E-state index in [2.05, 4.69) is 15.3 Å². The molecule has 1 aliphatic rings. The molecular weight excluding hydrogens is 414 g/mol. The van der Waals surface area contributed by atoms with Gasteiger partial charge in [0.1, 0.15) is 22.2 Å². The van der Waals surface area contributed by atoms with Crippen molar-refractivity contribution in [3.05, 3.63) is 50.4 Å². The molecule has 4 rings (SSSR count). The molecular formula is C23H27N3O4S. The fourth-order valence-electron chi connectivity index (χ4n) is 4.04. The van der Waals surface area contributed by atoms with Crippen molar-refractivity contribution in [1.29, 1.82) is 0 Å². The van der Waals surface area contributed by atoms with Crippen LogP contribution in [0.4, 0.5) is 0 Å².